The number of hydrogen-bond acceptors (Lipinski definition) is 5. The Balaban J connectivity index is 2.47. The first-order valence-electron chi connectivity index (χ1n) is 5.27. The van der Waals surface area contributed by atoms with Crippen LogP contribution in [0.1, 0.15) is 31.7 Å². The number of ether oxygens (including phenoxy) is 1. The molecule has 0 aliphatic rings. The molecule has 1 heterocycles. The van der Waals surface area contributed by atoms with Gasteiger partial charge in [-0.05, 0) is 6.92 Å². The van der Waals surface area contributed by atoms with Gasteiger partial charge in [-0.15, -0.1) is 10.2 Å². The van der Waals surface area contributed by atoms with Gasteiger partial charge < -0.3 is 9.64 Å². The molecule has 0 fully saturated rings. The van der Waals surface area contributed by atoms with Gasteiger partial charge in [-0.3, -0.25) is 0 Å². The minimum Gasteiger partial charge on any atom is -0.380 e. The number of rotatable bonds is 6. The Bertz CT molecular complexity index is 288. The fourth-order valence-electron chi connectivity index (χ4n) is 1.06. The molecule has 0 saturated heterocycles. The van der Waals surface area contributed by atoms with Gasteiger partial charge in [0.25, 0.3) is 0 Å². The lowest BCUT2D eigenvalue weighted by atomic mass is 10.2. The summed E-state index contributed by atoms with van der Waals surface area (Å²) in [6, 6.07) is 0. The van der Waals surface area contributed by atoms with Crippen molar-refractivity contribution in [3.63, 3.8) is 0 Å². The number of nitrogens with zero attached hydrogens (tertiary/aromatic N) is 3. The highest BCUT2D eigenvalue weighted by atomic mass is 32.1. The first-order chi connectivity index (χ1) is 7.15. The van der Waals surface area contributed by atoms with Crippen molar-refractivity contribution in [2.75, 3.05) is 31.7 Å². The van der Waals surface area contributed by atoms with E-state index in [1.807, 2.05) is 14.0 Å². The summed E-state index contributed by atoms with van der Waals surface area (Å²) >= 11 is 1.66. The third kappa shape index (κ3) is 3.76. The van der Waals surface area contributed by atoms with Crippen LogP contribution in [-0.4, -0.2) is 37.0 Å². The van der Waals surface area contributed by atoms with E-state index in [0.29, 0.717) is 5.92 Å². The fraction of sp³-hybridized carbons (Fsp3) is 0.800. The van der Waals surface area contributed by atoms with E-state index in [4.69, 9.17) is 4.74 Å². The predicted octanol–water partition coefficient (Wildman–Crippen LogP) is 2.13. The van der Waals surface area contributed by atoms with E-state index in [1.54, 1.807) is 11.3 Å². The zero-order chi connectivity index (χ0) is 11.3. The van der Waals surface area contributed by atoms with E-state index in [9.17, 15) is 0 Å². The van der Waals surface area contributed by atoms with Crippen molar-refractivity contribution in [2.24, 2.45) is 0 Å². The number of aromatic nitrogens is 2. The number of hydrogen-bond donors (Lipinski definition) is 0. The van der Waals surface area contributed by atoms with E-state index in [2.05, 4.69) is 28.9 Å². The minimum atomic E-state index is 0.455. The maximum Gasteiger partial charge on any atom is 0.208 e. The van der Waals surface area contributed by atoms with Crippen LogP contribution in [0.15, 0.2) is 0 Å². The number of anilines is 1. The molecule has 0 radical (unpaired) electrons. The summed E-state index contributed by atoms with van der Waals surface area (Å²) in [5.41, 5.74) is 0. The van der Waals surface area contributed by atoms with Gasteiger partial charge in [0.15, 0.2) is 0 Å². The Morgan fingerprint density at radius 3 is 2.67 bits per heavy atom. The van der Waals surface area contributed by atoms with Crippen molar-refractivity contribution in [3.05, 3.63) is 5.01 Å². The van der Waals surface area contributed by atoms with Crippen LogP contribution >= 0.6 is 11.3 Å². The Labute approximate surface area is 95.3 Å². The van der Waals surface area contributed by atoms with Crippen molar-refractivity contribution in [1.29, 1.82) is 0 Å². The van der Waals surface area contributed by atoms with Crippen molar-refractivity contribution in [3.8, 4) is 0 Å². The molecule has 5 heteroatoms. The molecule has 0 aliphatic heterocycles. The Morgan fingerprint density at radius 1 is 1.40 bits per heavy atom. The van der Waals surface area contributed by atoms with Gasteiger partial charge in [-0.1, -0.05) is 25.2 Å². The molecule has 0 aromatic carbocycles. The van der Waals surface area contributed by atoms with Crippen molar-refractivity contribution in [2.45, 2.75) is 26.7 Å². The molecular formula is C10H19N3OS. The molecule has 4 nitrogen and oxygen atoms in total. The third-order valence-corrected chi connectivity index (χ3v) is 3.36. The lowest BCUT2D eigenvalue weighted by molar-refractivity contribution is 0.154. The van der Waals surface area contributed by atoms with Gasteiger partial charge in [0.2, 0.25) is 5.13 Å². The summed E-state index contributed by atoms with van der Waals surface area (Å²) < 4.78 is 5.29. The van der Waals surface area contributed by atoms with Crippen LogP contribution in [0.5, 0.6) is 0 Å². The Kier molecular flexibility index (Phi) is 4.98. The van der Waals surface area contributed by atoms with E-state index in [1.165, 1.54) is 0 Å². The van der Waals surface area contributed by atoms with Crippen LogP contribution in [0.3, 0.4) is 0 Å². The van der Waals surface area contributed by atoms with E-state index < -0.39 is 0 Å². The normalized spacial score (nSPS) is 11.0. The van der Waals surface area contributed by atoms with E-state index >= 15 is 0 Å². The second-order valence-electron chi connectivity index (χ2n) is 3.70. The van der Waals surface area contributed by atoms with Gasteiger partial charge in [0.1, 0.15) is 5.01 Å². The molecule has 0 spiro atoms. The first-order valence-corrected chi connectivity index (χ1v) is 6.09. The quantitative estimate of drug-likeness (QED) is 0.700. The lowest BCUT2D eigenvalue weighted by Crippen LogP contribution is -2.22. The van der Waals surface area contributed by atoms with Crippen LogP contribution in [-0.2, 0) is 4.74 Å². The van der Waals surface area contributed by atoms with Gasteiger partial charge in [0.05, 0.1) is 6.61 Å². The molecule has 0 atom stereocenters. The molecule has 1 rings (SSSR count). The smallest absolute Gasteiger partial charge is 0.208 e. The van der Waals surface area contributed by atoms with Crippen molar-refractivity contribution < 1.29 is 4.74 Å². The second-order valence-corrected chi connectivity index (χ2v) is 4.68. The zero-order valence-corrected chi connectivity index (χ0v) is 10.7. The summed E-state index contributed by atoms with van der Waals surface area (Å²) in [6.07, 6.45) is 0. The van der Waals surface area contributed by atoms with Crippen molar-refractivity contribution >= 4 is 16.5 Å². The highest BCUT2D eigenvalue weighted by molar-refractivity contribution is 7.15. The highest BCUT2D eigenvalue weighted by Gasteiger charge is 2.10. The lowest BCUT2D eigenvalue weighted by Gasteiger charge is -2.14. The summed E-state index contributed by atoms with van der Waals surface area (Å²) in [4.78, 5) is 2.08. The Hall–Kier alpha value is -0.680. The minimum absolute atomic E-state index is 0.455. The number of likely N-dealkylation sites (N-methyl/N-ethyl adjacent to an activating group) is 1. The standard InChI is InChI=1S/C10H19N3OS/c1-5-14-7-6-13(4)10-12-11-9(15-10)8(2)3/h8H,5-7H2,1-4H3. The molecule has 0 unspecified atom stereocenters. The van der Waals surface area contributed by atoms with Crippen molar-refractivity contribution in [1.82, 2.24) is 10.2 Å². The molecule has 0 saturated carbocycles. The molecule has 15 heavy (non-hydrogen) atoms. The van der Waals surface area contributed by atoms with Crippen LogP contribution in [0, 0.1) is 0 Å². The highest BCUT2D eigenvalue weighted by Crippen LogP contribution is 2.24. The SMILES string of the molecule is CCOCCN(C)c1nnc(C(C)C)s1. The molecular weight excluding hydrogens is 210 g/mol. The molecule has 0 bridgehead atoms. The van der Waals surface area contributed by atoms with Gasteiger partial charge in [-0.2, -0.15) is 0 Å². The predicted molar refractivity (Wildman–Crippen MR) is 63.8 cm³/mol. The average molecular weight is 229 g/mol. The molecule has 0 N–H and O–H groups in total. The topological polar surface area (TPSA) is 38.2 Å². The largest absolute Gasteiger partial charge is 0.380 e. The molecule has 0 amide bonds. The monoisotopic (exact) mass is 229 g/mol. The van der Waals surface area contributed by atoms with Gasteiger partial charge >= 0.3 is 0 Å². The summed E-state index contributed by atoms with van der Waals surface area (Å²) in [6.45, 7) is 8.63. The van der Waals surface area contributed by atoms with Crippen LogP contribution in [0.25, 0.3) is 0 Å². The van der Waals surface area contributed by atoms with Gasteiger partial charge in [-0.25, -0.2) is 0 Å². The van der Waals surface area contributed by atoms with Crippen LogP contribution < -0.4 is 4.90 Å². The molecule has 1 aromatic heterocycles. The fourth-order valence-corrected chi connectivity index (χ4v) is 1.89. The maximum atomic E-state index is 5.29. The summed E-state index contributed by atoms with van der Waals surface area (Å²) in [5.74, 6) is 0.455. The Morgan fingerprint density at radius 2 is 2.13 bits per heavy atom. The first kappa shape index (κ1) is 12.4. The van der Waals surface area contributed by atoms with E-state index in [-0.39, 0.29) is 0 Å². The van der Waals surface area contributed by atoms with E-state index in [0.717, 1.165) is 29.9 Å². The average Bonchev–Trinajstić information content (AvgIpc) is 2.66. The molecule has 0 aliphatic carbocycles. The van der Waals surface area contributed by atoms with Crippen LogP contribution in [0.2, 0.25) is 0 Å². The second kappa shape index (κ2) is 6.02. The summed E-state index contributed by atoms with van der Waals surface area (Å²) in [7, 11) is 2.02. The molecule has 86 valence electrons. The summed E-state index contributed by atoms with van der Waals surface area (Å²) in [5, 5.41) is 10.4. The van der Waals surface area contributed by atoms with Gasteiger partial charge in [0, 0.05) is 26.1 Å². The van der Waals surface area contributed by atoms with Crippen LogP contribution in [0.4, 0.5) is 5.13 Å². The zero-order valence-electron chi connectivity index (χ0n) is 9.86. The third-order valence-electron chi connectivity index (χ3n) is 2.03. The maximum absolute atomic E-state index is 5.29. The molecule has 1 aromatic rings.